The van der Waals surface area contributed by atoms with Crippen molar-refractivity contribution >= 4 is 9.84 Å². The molecule has 0 aliphatic rings. The second-order valence-corrected chi connectivity index (χ2v) is 10.5. The van der Waals surface area contributed by atoms with Crippen LogP contribution in [0.3, 0.4) is 0 Å². The van der Waals surface area contributed by atoms with E-state index in [4.69, 9.17) is 4.42 Å². The van der Waals surface area contributed by atoms with E-state index in [-0.39, 0.29) is 13.6 Å². The highest BCUT2D eigenvalue weighted by atomic mass is 32.2. The lowest BCUT2D eigenvalue weighted by molar-refractivity contribution is 0.561. The number of nitrogens with one attached hydrogen (secondary N) is 1. The largest absolute Gasteiger partial charge is 0.415 e. The van der Waals surface area contributed by atoms with Gasteiger partial charge in [-0.05, 0) is 57.6 Å². The number of aryl methyl sites for hydroxylation is 1. The first-order chi connectivity index (χ1) is 16.2. The molecule has 10 heteroatoms. The maximum Gasteiger partial charge on any atom is 0.268 e. The zero-order valence-corrected chi connectivity index (χ0v) is 20.0. The molecule has 0 saturated carbocycles. The predicted octanol–water partition coefficient (Wildman–Crippen LogP) is 4.70. The maximum atomic E-state index is 14.7. The summed E-state index contributed by atoms with van der Waals surface area (Å²) in [6, 6.07) is 11.6. The van der Waals surface area contributed by atoms with Gasteiger partial charge < -0.3 is 9.73 Å². The van der Waals surface area contributed by atoms with Gasteiger partial charge in [0.05, 0.1) is 22.8 Å². The highest BCUT2D eigenvalue weighted by molar-refractivity contribution is 7.92. The molecule has 0 saturated heterocycles. The fourth-order valence-electron chi connectivity index (χ4n) is 3.34. The summed E-state index contributed by atoms with van der Waals surface area (Å²) in [5, 5.41) is 10.6. The Labute approximate surface area is 200 Å². The Kier molecular flexibility index (Phi) is 6.54. The lowest BCUT2D eigenvalue weighted by Crippen LogP contribution is -2.15. The van der Waals surface area contributed by atoms with E-state index >= 15 is 0 Å². The molecule has 8 nitrogen and oxygen atoms in total. The molecule has 2 aromatic carbocycles. The van der Waals surface area contributed by atoms with Crippen molar-refractivity contribution in [2.75, 3.05) is 7.05 Å². The van der Waals surface area contributed by atoms with Crippen molar-refractivity contribution in [1.29, 1.82) is 0 Å². The van der Waals surface area contributed by atoms with Crippen LogP contribution in [0.25, 0.3) is 34.3 Å². The SMILES string of the molecule is CNCc1ccc(-c2nnc(-c3nc(-c4ccc(S(=O)(=O)C(C)C)c(F)c4)cnc3C)o2)cc1.[HH].[HH]. The van der Waals surface area contributed by atoms with Crippen LogP contribution in [0.4, 0.5) is 4.39 Å². The van der Waals surface area contributed by atoms with E-state index in [1.807, 2.05) is 31.3 Å². The smallest absolute Gasteiger partial charge is 0.268 e. The lowest BCUT2D eigenvalue weighted by Gasteiger charge is -2.10. The van der Waals surface area contributed by atoms with Crippen molar-refractivity contribution in [3.8, 4) is 34.3 Å². The van der Waals surface area contributed by atoms with Crippen molar-refractivity contribution < 1.29 is 20.1 Å². The molecule has 180 valence electrons. The fourth-order valence-corrected chi connectivity index (χ4v) is 4.44. The third kappa shape index (κ3) is 4.59. The van der Waals surface area contributed by atoms with Crippen molar-refractivity contribution in [2.24, 2.45) is 0 Å². The standard InChI is InChI=1S/C24H24FN5O3S.2H2/c1-14(2)34(31,32)21-10-9-18(11-19(21)25)20-13-27-15(3)22(28-20)24-30-29-23(33-24)17-7-5-16(6-8-17)12-26-4;;/h5-11,13-14,26H,12H2,1-4H3;2*1H. The second-order valence-electron chi connectivity index (χ2n) is 8.07. The Hall–Kier alpha value is -3.50. The number of hydrogen-bond donors (Lipinski definition) is 1. The molecule has 0 atom stereocenters. The zero-order valence-electron chi connectivity index (χ0n) is 19.2. The minimum atomic E-state index is -3.74. The number of hydrogen-bond acceptors (Lipinski definition) is 8. The van der Waals surface area contributed by atoms with E-state index in [2.05, 4.69) is 25.5 Å². The molecule has 0 bridgehead atoms. The quantitative estimate of drug-likeness (QED) is 0.401. The summed E-state index contributed by atoms with van der Waals surface area (Å²) in [7, 11) is -1.86. The number of halogens is 1. The van der Waals surface area contributed by atoms with E-state index < -0.39 is 20.9 Å². The Morgan fingerprint density at radius 1 is 1.06 bits per heavy atom. The summed E-state index contributed by atoms with van der Waals surface area (Å²) < 4.78 is 45.2. The maximum absolute atomic E-state index is 14.7. The molecule has 1 N–H and O–H groups in total. The summed E-state index contributed by atoms with van der Waals surface area (Å²) in [6.45, 7) is 5.52. The second kappa shape index (κ2) is 9.40. The highest BCUT2D eigenvalue weighted by Crippen LogP contribution is 2.29. The van der Waals surface area contributed by atoms with E-state index in [0.717, 1.165) is 23.7 Å². The molecule has 2 heterocycles. The molecule has 0 unspecified atom stereocenters. The summed E-state index contributed by atoms with van der Waals surface area (Å²) in [5.41, 5.74) is 3.55. The van der Waals surface area contributed by atoms with Gasteiger partial charge in [0.15, 0.2) is 9.84 Å². The first-order valence-electron chi connectivity index (χ1n) is 10.7. The fraction of sp³-hybridized carbons (Fsp3) is 0.250. The highest BCUT2D eigenvalue weighted by Gasteiger charge is 2.24. The predicted molar refractivity (Wildman–Crippen MR) is 130 cm³/mol. The number of aromatic nitrogens is 4. The first kappa shape index (κ1) is 23.7. The number of benzene rings is 2. The van der Waals surface area contributed by atoms with Crippen LogP contribution in [0.1, 0.15) is 28.0 Å². The molecular formula is C24H28FN5O3S. The molecule has 0 radical (unpaired) electrons. The Bertz CT molecular complexity index is 1440. The van der Waals surface area contributed by atoms with Gasteiger partial charge in [-0.1, -0.05) is 18.2 Å². The van der Waals surface area contributed by atoms with Crippen LogP contribution < -0.4 is 5.32 Å². The van der Waals surface area contributed by atoms with Crippen LogP contribution in [0, 0.1) is 12.7 Å². The van der Waals surface area contributed by atoms with E-state index in [9.17, 15) is 12.8 Å². The number of rotatable bonds is 7. The first-order valence-corrected chi connectivity index (χ1v) is 12.2. The van der Waals surface area contributed by atoms with Gasteiger partial charge in [-0.15, -0.1) is 10.2 Å². The number of sulfone groups is 1. The van der Waals surface area contributed by atoms with Gasteiger partial charge in [0, 0.05) is 20.5 Å². The van der Waals surface area contributed by atoms with E-state index in [0.29, 0.717) is 28.5 Å². The average molecular weight is 486 g/mol. The van der Waals surface area contributed by atoms with E-state index in [1.54, 1.807) is 6.92 Å². The van der Waals surface area contributed by atoms with Crippen LogP contribution >= 0.6 is 0 Å². The molecule has 0 spiro atoms. The Balaban J connectivity index is 0.00000228. The van der Waals surface area contributed by atoms with Gasteiger partial charge >= 0.3 is 0 Å². The summed E-state index contributed by atoms with van der Waals surface area (Å²) in [4.78, 5) is 8.54. The summed E-state index contributed by atoms with van der Waals surface area (Å²) in [5.74, 6) is -0.315. The van der Waals surface area contributed by atoms with Gasteiger partial charge in [-0.25, -0.2) is 17.8 Å². The number of nitrogens with zero attached hydrogens (tertiary/aromatic N) is 4. The minimum Gasteiger partial charge on any atom is -0.415 e. The third-order valence-corrected chi connectivity index (χ3v) is 7.50. The van der Waals surface area contributed by atoms with Crippen LogP contribution in [-0.2, 0) is 16.4 Å². The summed E-state index contributed by atoms with van der Waals surface area (Å²) >= 11 is 0. The zero-order chi connectivity index (χ0) is 24.5. The molecule has 2 aromatic heterocycles. The monoisotopic (exact) mass is 485 g/mol. The van der Waals surface area contributed by atoms with Crippen LogP contribution in [-0.4, -0.2) is 40.9 Å². The van der Waals surface area contributed by atoms with Gasteiger partial charge in [-0.3, -0.25) is 4.98 Å². The van der Waals surface area contributed by atoms with Gasteiger partial charge in [0.25, 0.3) is 5.89 Å². The molecule has 0 aliphatic carbocycles. The topological polar surface area (TPSA) is 111 Å². The Morgan fingerprint density at radius 3 is 2.38 bits per heavy atom. The molecule has 0 aliphatic heterocycles. The van der Waals surface area contributed by atoms with Gasteiger partial charge in [-0.2, -0.15) is 0 Å². The molecule has 0 amide bonds. The normalized spacial score (nSPS) is 11.8. The summed E-state index contributed by atoms with van der Waals surface area (Å²) in [6.07, 6.45) is 1.49. The van der Waals surface area contributed by atoms with Crippen LogP contribution in [0.2, 0.25) is 0 Å². The molecule has 4 rings (SSSR count). The third-order valence-electron chi connectivity index (χ3n) is 5.32. The Morgan fingerprint density at radius 2 is 1.74 bits per heavy atom. The van der Waals surface area contributed by atoms with Crippen LogP contribution in [0.5, 0.6) is 0 Å². The minimum absolute atomic E-state index is 0. The molecule has 34 heavy (non-hydrogen) atoms. The van der Waals surface area contributed by atoms with Crippen molar-refractivity contribution in [2.45, 2.75) is 37.5 Å². The van der Waals surface area contributed by atoms with Gasteiger partial charge in [0.2, 0.25) is 5.89 Å². The molecule has 0 fully saturated rings. The van der Waals surface area contributed by atoms with Crippen molar-refractivity contribution in [1.82, 2.24) is 25.5 Å². The molecule has 4 aromatic rings. The molecular weight excluding hydrogens is 457 g/mol. The van der Waals surface area contributed by atoms with Gasteiger partial charge in [0.1, 0.15) is 16.4 Å². The van der Waals surface area contributed by atoms with Crippen molar-refractivity contribution in [3.63, 3.8) is 0 Å². The van der Waals surface area contributed by atoms with Crippen molar-refractivity contribution in [3.05, 3.63) is 65.7 Å². The van der Waals surface area contributed by atoms with Crippen LogP contribution in [0.15, 0.2) is 58.0 Å². The average Bonchev–Trinajstić information content (AvgIpc) is 3.30. The lowest BCUT2D eigenvalue weighted by atomic mass is 10.1. The van der Waals surface area contributed by atoms with E-state index in [1.165, 1.54) is 32.2 Å².